The molecule has 0 bridgehead atoms. The zero-order valence-electron chi connectivity index (χ0n) is 6.71. The van der Waals surface area contributed by atoms with Crippen molar-refractivity contribution in [2.24, 2.45) is 0 Å². The molecule has 0 radical (unpaired) electrons. The van der Waals surface area contributed by atoms with Crippen LogP contribution in [0.4, 0.5) is 8.78 Å². The molecule has 0 aliphatic heterocycles. The molecule has 1 atom stereocenters. The van der Waals surface area contributed by atoms with E-state index in [2.05, 4.69) is 0 Å². The van der Waals surface area contributed by atoms with Crippen molar-refractivity contribution in [3.63, 3.8) is 0 Å². The zero-order chi connectivity index (χ0) is 9.84. The fourth-order valence-electron chi connectivity index (χ4n) is 0.944. The Labute approximate surface area is 73.8 Å². The van der Waals surface area contributed by atoms with Gasteiger partial charge in [-0.2, -0.15) is 0 Å². The summed E-state index contributed by atoms with van der Waals surface area (Å²) in [5.41, 5.74) is 0.0809. The molecule has 0 saturated heterocycles. The molecule has 4 heteroatoms. The van der Waals surface area contributed by atoms with E-state index in [-0.39, 0.29) is 5.56 Å². The van der Waals surface area contributed by atoms with Gasteiger partial charge in [0, 0.05) is 6.42 Å². The summed E-state index contributed by atoms with van der Waals surface area (Å²) in [6.45, 7) is 0. The summed E-state index contributed by atoms with van der Waals surface area (Å²) >= 11 is 0. The van der Waals surface area contributed by atoms with Crippen LogP contribution in [0.1, 0.15) is 5.56 Å². The maximum atomic E-state index is 12.9. The van der Waals surface area contributed by atoms with Gasteiger partial charge in [-0.3, -0.25) is 0 Å². The van der Waals surface area contributed by atoms with Crippen molar-refractivity contribution in [3.05, 3.63) is 35.6 Å². The van der Waals surface area contributed by atoms with Gasteiger partial charge in [0.25, 0.3) is 0 Å². The molecule has 70 valence electrons. The molecule has 0 aliphatic carbocycles. The topological polar surface area (TPSA) is 37.3 Å². The zero-order valence-corrected chi connectivity index (χ0v) is 6.71. The number of rotatable bonds is 3. The normalized spacial score (nSPS) is 12.5. The first-order valence-corrected chi connectivity index (χ1v) is 3.71. The Morgan fingerprint density at radius 1 is 1.46 bits per heavy atom. The Morgan fingerprint density at radius 2 is 2.08 bits per heavy atom. The van der Waals surface area contributed by atoms with Crippen LogP contribution in [0.5, 0.6) is 0 Å². The molecule has 0 saturated carbocycles. The molecule has 2 nitrogen and oxygen atoms in total. The number of hydrogen-bond donors (Lipinski definition) is 1. The number of carbonyl (C=O) groups is 1. The van der Waals surface area contributed by atoms with E-state index < -0.39 is 24.4 Å². The Morgan fingerprint density at radius 3 is 2.62 bits per heavy atom. The van der Waals surface area contributed by atoms with Crippen LogP contribution >= 0.6 is 0 Å². The molecule has 13 heavy (non-hydrogen) atoms. The van der Waals surface area contributed by atoms with Gasteiger partial charge >= 0.3 is 5.97 Å². The van der Waals surface area contributed by atoms with Crippen molar-refractivity contribution in [1.29, 1.82) is 0 Å². The second kappa shape index (κ2) is 3.98. The van der Waals surface area contributed by atoms with Crippen LogP contribution in [0.2, 0.25) is 0 Å². The van der Waals surface area contributed by atoms with Gasteiger partial charge < -0.3 is 5.11 Å². The predicted molar refractivity (Wildman–Crippen MR) is 42.6 cm³/mol. The fourth-order valence-corrected chi connectivity index (χ4v) is 0.944. The maximum absolute atomic E-state index is 12.9. The van der Waals surface area contributed by atoms with Crippen LogP contribution in [-0.2, 0) is 11.2 Å². The molecular weight excluding hydrogens is 178 g/mol. The second-order valence-electron chi connectivity index (χ2n) is 2.60. The largest absolute Gasteiger partial charge is 0.479 e. The third-order valence-electron chi connectivity index (χ3n) is 1.62. The van der Waals surface area contributed by atoms with Gasteiger partial charge in [0.05, 0.1) is 0 Å². The fraction of sp³-hybridized carbons (Fsp3) is 0.222. The number of alkyl halides is 1. The summed E-state index contributed by atoms with van der Waals surface area (Å²) in [7, 11) is 0. The van der Waals surface area contributed by atoms with Crippen molar-refractivity contribution in [1.82, 2.24) is 0 Å². The first kappa shape index (κ1) is 9.64. The van der Waals surface area contributed by atoms with Gasteiger partial charge in [-0.05, 0) is 11.6 Å². The lowest BCUT2D eigenvalue weighted by atomic mass is 10.1. The van der Waals surface area contributed by atoms with E-state index in [0.717, 1.165) is 0 Å². The van der Waals surface area contributed by atoms with E-state index in [1.54, 1.807) is 0 Å². The highest BCUT2D eigenvalue weighted by atomic mass is 19.1. The molecular formula is C9H8F2O2. The summed E-state index contributed by atoms with van der Waals surface area (Å²) < 4.78 is 25.5. The Kier molecular flexibility index (Phi) is 2.95. The first-order valence-electron chi connectivity index (χ1n) is 3.71. The van der Waals surface area contributed by atoms with Crippen LogP contribution in [0.3, 0.4) is 0 Å². The van der Waals surface area contributed by atoms with Crippen molar-refractivity contribution >= 4 is 5.97 Å². The van der Waals surface area contributed by atoms with E-state index in [1.165, 1.54) is 24.3 Å². The maximum Gasteiger partial charge on any atom is 0.338 e. The quantitative estimate of drug-likeness (QED) is 0.781. The molecule has 0 aromatic heterocycles. The molecule has 1 N–H and O–H groups in total. The van der Waals surface area contributed by atoms with E-state index in [0.29, 0.717) is 0 Å². The smallest absolute Gasteiger partial charge is 0.338 e. The summed E-state index contributed by atoms with van der Waals surface area (Å²) in [5, 5.41) is 8.24. The Balaban J connectivity index is 2.74. The van der Waals surface area contributed by atoms with Gasteiger partial charge in [-0.25, -0.2) is 13.6 Å². The Hall–Kier alpha value is -1.45. The highest BCUT2D eigenvalue weighted by Gasteiger charge is 2.17. The van der Waals surface area contributed by atoms with Crippen LogP contribution in [-0.4, -0.2) is 17.2 Å². The standard InChI is InChI=1S/C9H8F2O2/c10-7-4-2-1-3-6(7)5-8(11)9(12)13/h1-4,8H,5H2,(H,12,13)/t8-/m0/s1. The van der Waals surface area contributed by atoms with Gasteiger partial charge in [-0.15, -0.1) is 0 Å². The molecule has 0 amide bonds. The third-order valence-corrected chi connectivity index (χ3v) is 1.62. The third kappa shape index (κ3) is 2.50. The molecule has 0 fully saturated rings. The number of benzene rings is 1. The highest BCUT2D eigenvalue weighted by molar-refractivity contribution is 5.72. The van der Waals surface area contributed by atoms with Crippen LogP contribution in [0.25, 0.3) is 0 Å². The summed E-state index contributed by atoms with van der Waals surface area (Å²) in [6, 6.07) is 5.54. The number of aliphatic carboxylic acids is 1. The lowest BCUT2D eigenvalue weighted by Crippen LogP contribution is -2.17. The predicted octanol–water partition coefficient (Wildman–Crippen LogP) is 1.79. The van der Waals surface area contributed by atoms with Crippen molar-refractivity contribution < 1.29 is 18.7 Å². The van der Waals surface area contributed by atoms with Crippen molar-refractivity contribution in [3.8, 4) is 0 Å². The molecule has 0 heterocycles. The average molecular weight is 186 g/mol. The van der Waals surface area contributed by atoms with Crippen molar-refractivity contribution in [2.75, 3.05) is 0 Å². The number of carboxylic acid groups (broad SMARTS) is 1. The molecule has 1 aromatic rings. The minimum Gasteiger partial charge on any atom is -0.479 e. The number of carboxylic acids is 1. The van der Waals surface area contributed by atoms with Gasteiger partial charge in [-0.1, -0.05) is 18.2 Å². The monoisotopic (exact) mass is 186 g/mol. The molecule has 0 aliphatic rings. The van der Waals surface area contributed by atoms with Gasteiger partial charge in [0.1, 0.15) is 5.82 Å². The van der Waals surface area contributed by atoms with Crippen LogP contribution in [0.15, 0.2) is 24.3 Å². The summed E-state index contributed by atoms with van der Waals surface area (Å²) in [6.07, 6.45) is -2.47. The lowest BCUT2D eigenvalue weighted by molar-refractivity contribution is -0.142. The molecule has 1 aromatic carbocycles. The molecule has 0 spiro atoms. The van der Waals surface area contributed by atoms with Gasteiger partial charge in [0.2, 0.25) is 6.17 Å². The minimum absolute atomic E-state index is 0.0809. The van der Waals surface area contributed by atoms with E-state index in [1.807, 2.05) is 0 Å². The minimum atomic E-state index is -2.04. The van der Waals surface area contributed by atoms with E-state index in [9.17, 15) is 13.6 Å². The Bertz CT molecular complexity index is 312. The highest BCUT2D eigenvalue weighted by Crippen LogP contribution is 2.10. The van der Waals surface area contributed by atoms with E-state index in [4.69, 9.17) is 5.11 Å². The number of hydrogen-bond acceptors (Lipinski definition) is 1. The first-order chi connectivity index (χ1) is 6.11. The van der Waals surface area contributed by atoms with Crippen LogP contribution < -0.4 is 0 Å². The summed E-state index contributed by atoms with van der Waals surface area (Å²) in [4.78, 5) is 10.1. The lowest BCUT2D eigenvalue weighted by Gasteiger charge is -2.03. The van der Waals surface area contributed by atoms with E-state index >= 15 is 0 Å². The van der Waals surface area contributed by atoms with Gasteiger partial charge in [0.15, 0.2) is 0 Å². The average Bonchev–Trinajstić information content (AvgIpc) is 2.08. The van der Waals surface area contributed by atoms with Crippen LogP contribution in [0, 0.1) is 5.82 Å². The molecule has 0 unspecified atom stereocenters. The summed E-state index contributed by atoms with van der Waals surface area (Å²) in [5.74, 6) is -2.14. The van der Waals surface area contributed by atoms with Crippen molar-refractivity contribution in [2.45, 2.75) is 12.6 Å². The number of halogens is 2. The molecule has 1 rings (SSSR count). The second-order valence-corrected chi connectivity index (χ2v) is 2.60. The SMILES string of the molecule is O=C(O)[C@@H](F)Cc1ccccc1F.